The van der Waals surface area contributed by atoms with Crippen molar-refractivity contribution >= 4 is 16.5 Å². The molecule has 0 radical (unpaired) electrons. The number of thiazole rings is 1. The minimum atomic E-state index is 0.722. The van der Waals surface area contributed by atoms with Crippen LogP contribution in [0.3, 0.4) is 0 Å². The Morgan fingerprint density at radius 2 is 2.11 bits per heavy atom. The van der Waals surface area contributed by atoms with Crippen molar-refractivity contribution in [3.8, 4) is 0 Å². The lowest BCUT2D eigenvalue weighted by Gasteiger charge is -2.16. The van der Waals surface area contributed by atoms with Gasteiger partial charge in [0.1, 0.15) is 0 Å². The van der Waals surface area contributed by atoms with Crippen LogP contribution in [0.2, 0.25) is 0 Å². The second-order valence-corrected chi connectivity index (χ2v) is 5.98. The molecule has 0 aromatic carbocycles. The van der Waals surface area contributed by atoms with Crippen LogP contribution < -0.4 is 10.2 Å². The first-order valence-electron chi connectivity index (χ1n) is 7.24. The van der Waals surface area contributed by atoms with Crippen molar-refractivity contribution in [2.45, 2.75) is 39.2 Å². The van der Waals surface area contributed by atoms with Crippen molar-refractivity contribution < 1.29 is 4.74 Å². The Morgan fingerprint density at radius 3 is 2.68 bits per heavy atom. The molecule has 19 heavy (non-hydrogen) atoms. The van der Waals surface area contributed by atoms with Gasteiger partial charge in [-0.15, -0.1) is 11.3 Å². The molecule has 1 saturated carbocycles. The molecular formula is C14H25N3OS. The highest BCUT2D eigenvalue weighted by Crippen LogP contribution is 2.44. The molecule has 1 N–H and O–H groups in total. The normalized spacial score (nSPS) is 14.9. The standard InChI is InChI=1S/C14H25N3OS/c1-4-17(5-2)14-16-13(11-6-7-11)12(19-14)10-15-8-9-18-3/h11,15H,4-10H2,1-3H3. The van der Waals surface area contributed by atoms with Gasteiger partial charge in [-0.05, 0) is 26.7 Å². The minimum Gasteiger partial charge on any atom is -0.383 e. The molecule has 4 nitrogen and oxygen atoms in total. The van der Waals surface area contributed by atoms with E-state index in [1.165, 1.54) is 28.5 Å². The summed E-state index contributed by atoms with van der Waals surface area (Å²) in [6, 6.07) is 0. The van der Waals surface area contributed by atoms with Gasteiger partial charge in [0, 0.05) is 44.1 Å². The highest BCUT2D eigenvalue weighted by atomic mass is 32.1. The molecule has 108 valence electrons. The maximum absolute atomic E-state index is 5.07. The molecule has 0 amide bonds. The van der Waals surface area contributed by atoms with Crippen molar-refractivity contribution in [3.05, 3.63) is 10.6 Å². The highest BCUT2D eigenvalue weighted by Gasteiger charge is 2.30. The summed E-state index contributed by atoms with van der Waals surface area (Å²) in [7, 11) is 1.74. The van der Waals surface area contributed by atoms with Gasteiger partial charge in [0.05, 0.1) is 12.3 Å². The fraction of sp³-hybridized carbons (Fsp3) is 0.786. The molecule has 0 unspecified atom stereocenters. The van der Waals surface area contributed by atoms with Crippen LogP contribution in [0.25, 0.3) is 0 Å². The third-order valence-corrected chi connectivity index (χ3v) is 4.61. The van der Waals surface area contributed by atoms with Gasteiger partial charge in [0.2, 0.25) is 0 Å². The van der Waals surface area contributed by atoms with E-state index in [4.69, 9.17) is 9.72 Å². The maximum Gasteiger partial charge on any atom is 0.185 e. The van der Waals surface area contributed by atoms with E-state index in [9.17, 15) is 0 Å². The van der Waals surface area contributed by atoms with Crippen molar-refractivity contribution in [1.82, 2.24) is 10.3 Å². The maximum atomic E-state index is 5.07. The summed E-state index contributed by atoms with van der Waals surface area (Å²) < 4.78 is 5.07. The highest BCUT2D eigenvalue weighted by molar-refractivity contribution is 7.15. The number of nitrogens with zero attached hydrogens (tertiary/aromatic N) is 2. The number of hydrogen-bond donors (Lipinski definition) is 1. The van der Waals surface area contributed by atoms with Crippen LogP contribution in [-0.2, 0) is 11.3 Å². The number of anilines is 1. The zero-order chi connectivity index (χ0) is 13.7. The number of ether oxygens (including phenoxy) is 1. The van der Waals surface area contributed by atoms with Crippen LogP contribution in [0, 0.1) is 0 Å². The second kappa shape index (κ2) is 7.22. The molecule has 5 heteroatoms. The molecular weight excluding hydrogens is 258 g/mol. The molecule has 2 rings (SSSR count). The van der Waals surface area contributed by atoms with E-state index in [-0.39, 0.29) is 0 Å². The molecule has 0 atom stereocenters. The molecule has 1 aromatic heterocycles. The molecule has 1 heterocycles. The number of rotatable bonds is 9. The molecule has 1 aliphatic rings. The average Bonchev–Trinajstić information content (AvgIpc) is 3.18. The van der Waals surface area contributed by atoms with Crippen LogP contribution in [0.1, 0.15) is 43.2 Å². The summed E-state index contributed by atoms with van der Waals surface area (Å²) >= 11 is 1.85. The third kappa shape index (κ3) is 3.91. The Morgan fingerprint density at radius 1 is 1.37 bits per heavy atom. The lowest BCUT2D eigenvalue weighted by Crippen LogP contribution is -2.21. The van der Waals surface area contributed by atoms with Crippen LogP contribution in [-0.4, -0.2) is 38.3 Å². The van der Waals surface area contributed by atoms with Gasteiger partial charge < -0.3 is 15.0 Å². The predicted molar refractivity (Wildman–Crippen MR) is 81.2 cm³/mol. The van der Waals surface area contributed by atoms with Crippen LogP contribution in [0.5, 0.6) is 0 Å². The first-order valence-corrected chi connectivity index (χ1v) is 8.05. The second-order valence-electron chi connectivity index (χ2n) is 4.92. The van der Waals surface area contributed by atoms with Crippen LogP contribution in [0.15, 0.2) is 0 Å². The van der Waals surface area contributed by atoms with Gasteiger partial charge in [-0.1, -0.05) is 0 Å². The van der Waals surface area contributed by atoms with Gasteiger partial charge in [-0.3, -0.25) is 0 Å². The van der Waals surface area contributed by atoms with Gasteiger partial charge in [0.25, 0.3) is 0 Å². The monoisotopic (exact) mass is 283 g/mol. The lowest BCUT2D eigenvalue weighted by molar-refractivity contribution is 0.199. The van der Waals surface area contributed by atoms with Gasteiger partial charge >= 0.3 is 0 Å². The van der Waals surface area contributed by atoms with Crippen molar-refractivity contribution in [2.24, 2.45) is 0 Å². The van der Waals surface area contributed by atoms with Crippen molar-refractivity contribution in [1.29, 1.82) is 0 Å². The molecule has 1 aliphatic carbocycles. The van der Waals surface area contributed by atoms with Crippen LogP contribution >= 0.6 is 11.3 Å². The van der Waals surface area contributed by atoms with Gasteiger partial charge in [0.15, 0.2) is 5.13 Å². The number of nitrogens with one attached hydrogen (secondary N) is 1. The Balaban J connectivity index is 2.02. The van der Waals surface area contributed by atoms with Crippen molar-refractivity contribution in [3.63, 3.8) is 0 Å². The minimum absolute atomic E-state index is 0.722. The smallest absolute Gasteiger partial charge is 0.185 e. The summed E-state index contributed by atoms with van der Waals surface area (Å²) in [4.78, 5) is 8.65. The number of hydrogen-bond acceptors (Lipinski definition) is 5. The van der Waals surface area contributed by atoms with Crippen LogP contribution in [0.4, 0.5) is 5.13 Å². The van der Waals surface area contributed by atoms with Crippen molar-refractivity contribution in [2.75, 3.05) is 38.3 Å². The molecule has 0 aliphatic heterocycles. The van der Waals surface area contributed by atoms with E-state index >= 15 is 0 Å². The Kier molecular flexibility index (Phi) is 5.60. The third-order valence-electron chi connectivity index (χ3n) is 3.48. The Bertz CT molecular complexity index is 386. The Labute approximate surface area is 120 Å². The molecule has 1 fully saturated rings. The molecule has 1 aromatic rings. The fourth-order valence-electron chi connectivity index (χ4n) is 2.16. The van der Waals surface area contributed by atoms with Gasteiger partial charge in [-0.2, -0.15) is 0 Å². The van der Waals surface area contributed by atoms with Gasteiger partial charge in [-0.25, -0.2) is 4.98 Å². The summed E-state index contributed by atoms with van der Waals surface area (Å²) in [5.41, 5.74) is 1.34. The average molecular weight is 283 g/mol. The fourth-order valence-corrected chi connectivity index (χ4v) is 3.40. The first-order chi connectivity index (χ1) is 9.30. The first kappa shape index (κ1) is 14.8. The summed E-state index contributed by atoms with van der Waals surface area (Å²) in [6.07, 6.45) is 2.62. The Hall–Kier alpha value is -0.650. The van der Waals surface area contributed by atoms with E-state index in [1.54, 1.807) is 7.11 Å². The zero-order valence-corrected chi connectivity index (χ0v) is 13.1. The number of aromatic nitrogens is 1. The van der Waals surface area contributed by atoms with E-state index < -0.39 is 0 Å². The molecule has 0 spiro atoms. The topological polar surface area (TPSA) is 37.4 Å². The van der Waals surface area contributed by atoms with E-state index in [0.29, 0.717) is 0 Å². The van der Waals surface area contributed by atoms with E-state index in [2.05, 4.69) is 24.1 Å². The summed E-state index contributed by atoms with van der Waals surface area (Å²) in [5, 5.41) is 4.63. The van der Waals surface area contributed by atoms with E-state index in [1.807, 2.05) is 11.3 Å². The summed E-state index contributed by atoms with van der Waals surface area (Å²) in [6.45, 7) is 9.04. The predicted octanol–water partition coefficient (Wildman–Crippen LogP) is 2.60. The quantitative estimate of drug-likeness (QED) is 0.707. The molecule has 0 saturated heterocycles. The number of methoxy groups -OCH3 is 1. The van der Waals surface area contributed by atoms with E-state index in [0.717, 1.165) is 38.7 Å². The zero-order valence-electron chi connectivity index (χ0n) is 12.2. The molecule has 0 bridgehead atoms. The largest absolute Gasteiger partial charge is 0.383 e. The SMILES string of the molecule is CCN(CC)c1nc(C2CC2)c(CNCCOC)s1. The summed E-state index contributed by atoms with van der Waals surface area (Å²) in [5.74, 6) is 0.722. The lowest BCUT2D eigenvalue weighted by atomic mass is 10.2.